The number of nitrogens with zero attached hydrogens (tertiary/aromatic N) is 2. The van der Waals surface area contributed by atoms with Gasteiger partial charge in [-0.3, -0.25) is 19.2 Å². The summed E-state index contributed by atoms with van der Waals surface area (Å²) in [7, 11) is 0. The first kappa shape index (κ1) is 25.4. The Hall–Kier alpha value is -1.74. The highest BCUT2D eigenvalue weighted by Gasteiger charge is 2.55. The number of hydrogen-bond acceptors (Lipinski definition) is 4. The fraction of sp³-hybridized carbons (Fsp3) is 0.333. The van der Waals surface area contributed by atoms with Crippen LogP contribution in [0.1, 0.15) is 40.5 Å². The summed E-state index contributed by atoms with van der Waals surface area (Å²) >= 11 is 19.4. The minimum atomic E-state index is -1.16. The molecule has 0 bridgehead atoms. The third-order valence-electron chi connectivity index (χ3n) is 6.29. The molecule has 178 valence electrons. The molecule has 0 radical (unpaired) electrons. The number of halogens is 4. The molecule has 0 N–H and O–H groups in total. The third-order valence-corrected chi connectivity index (χ3v) is 9.61. The van der Waals surface area contributed by atoms with Crippen molar-refractivity contribution in [2.75, 3.05) is 0 Å². The summed E-state index contributed by atoms with van der Waals surface area (Å²) in [6.45, 7) is 1.49. The zero-order valence-corrected chi connectivity index (χ0v) is 22.6. The smallest absolute Gasteiger partial charge is 0.275 e. The Morgan fingerprint density at radius 3 is 2.00 bits per heavy atom. The molecule has 2 aliphatic rings. The Morgan fingerprint density at radius 2 is 1.47 bits per heavy atom. The SMILES string of the molecule is C[C@H](C(=O)c1ccc(Cl)cc1)N(C(=O)c1ccccc1Cl)N1C(=O)[C@@H]2C[C@@H](Br)[C@@H](Br)C[C@H]2C1=O. The Balaban J connectivity index is 1.76. The number of carbonyl (C=O) groups is 4. The number of ketones is 1. The maximum atomic E-state index is 13.7. The van der Waals surface area contributed by atoms with Gasteiger partial charge < -0.3 is 0 Å². The van der Waals surface area contributed by atoms with Gasteiger partial charge in [0.2, 0.25) is 0 Å². The second kappa shape index (κ2) is 10.1. The van der Waals surface area contributed by atoms with Crippen LogP contribution in [0.5, 0.6) is 0 Å². The fourth-order valence-corrected chi connectivity index (χ4v) is 6.03. The van der Waals surface area contributed by atoms with E-state index in [-0.39, 0.29) is 20.2 Å². The largest absolute Gasteiger partial charge is 0.292 e. The molecule has 3 amide bonds. The molecule has 2 fully saturated rings. The van der Waals surface area contributed by atoms with Crippen LogP contribution in [0, 0.1) is 11.8 Å². The predicted octanol–water partition coefficient (Wildman–Crippen LogP) is 5.54. The van der Waals surface area contributed by atoms with E-state index >= 15 is 0 Å². The van der Waals surface area contributed by atoms with E-state index in [0.717, 1.165) is 10.0 Å². The summed E-state index contributed by atoms with van der Waals surface area (Å²) in [6.07, 6.45) is 0.880. The molecule has 1 aliphatic carbocycles. The van der Waals surface area contributed by atoms with Crippen molar-refractivity contribution in [3.8, 4) is 0 Å². The normalized spacial score (nSPS) is 25.1. The zero-order chi connectivity index (χ0) is 24.7. The maximum absolute atomic E-state index is 13.7. The van der Waals surface area contributed by atoms with Crippen LogP contribution in [-0.4, -0.2) is 49.2 Å². The summed E-state index contributed by atoms with van der Waals surface area (Å²) < 4.78 is 0. The van der Waals surface area contributed by atoms with Crippen LogP contribution in [0.15, 0.2) is 48.5 Å². The van der Waals surface area contributed by atoms with E-state index in [0.29, 0.717) is 23.4 Å². The first-order valence-electron chi connectivity index (χ1n) is 10.7. The Morgan fingerprint density at radius 1 is 0.941 bits per heavy atom. The van der Waals surface area contributed by atoms with Crippen molar-refractivity contribution in [2.45, 2.75) is 35.5 Å². The highest BCUT2D eigenvalue weighted by molar-refractivity contribution is 9.12. The number of alkyl halides is 2. The quantitative estimate of drug-likeness (QED) is 0.247. The van der Waals surface area contributed by atoms with Crippen LogP contribution in [-0.2, 0) is 9.59 Å². The van der Waals surface area contributed by atoms with Crippen molar-refractivity contribution in [1.82, 2.24) is 10.0 Å². The summed E-state index contributed by atoms with van der Waals surface area (Å²) in [4.78, 5) is 54.1. The van der Waals surface area contributed by atoms with Crippen LogP contribution < -0.4 is 0 Å². The van der Waals surface area contributed by atoms with E-state index in [9.17, 15) is 19.2 Å². The lowest BCUT2D eigenvalue weighted by molar-refractivity contribution is -0.156. The monoisotopic (exact) mass is 628 g/mol. The molecule has 1 saturated heterocycles. The van der Waals surface area contributed by atoms with Crippen LogP contribution in [0.25, 0.3) is 0 Å². The molecule has 2 aromatic carbocycles. The molecule has 4 rings (SSSR count). The third kappa shape index (κ3) is 4.57. The lowest BCUT2D eigenvalue weighted by Crippen LogP contribution is -2.56. The van der Waals surface area contributed by atoms with Gasteiger partial charge in [0, 0.05) is 20.2 Å². The molecule has 1 aliphatic heterocycles. The van der Waals surface area contributed by atoms with Crippen LogP contribution >= 0.6 is 55.1 Å². The van der Waals surface area contributed by atoms with Crippen LogP contribution in [0.3, 0.4) is 0 Å². The number of amides is 3. The summed E-state index contributed by atoms with van der Waals surface area (Å²) in [6, 6.07) is 11.4. The molecule has 10 heteroatoms. The number of hydrazine groups is 1. The average Bonchev–Trinajstić information content (AvgIpc) is 3.04. The van der Waals surface area contributed by atoms with Gasteiger partial charge in [0.1, 0.15) is 6.04 Å². The lowest BCUT2D eigenvalue weighted by Gasteiger charge is -2.35. The Kier molecular flexibility index (Phi) is 7.53. The molecule has 5 atom stereocenters. The summed E-state index contributed by atoms with van der Waals surface area (Å²) in [5, 5.41) is 2.44. The molecular formula is C24H20Br2Cl2N2O4. The highest BCUT2D eigenvalue weighted by Crippen LogP contribution is 2.44. The number of fused-ring (bicyclic) bond motifs is 1. The van der Waals surface area contributed by atoms with Crippen molar-refractivity contribution in [2.24, 2.45) is 11.8 Å². The van der Waals surface area contributed by atoms with Gasteiger partial charge in [0.15, 0.2) is 5.78 Å². The maximum Gasteiger partial charge on any atom is 0.275 e. The van der Waals surface area contributed by atoms with Gasteiger partial charge >= 0.3 is 0 Å². The number of hydrogen-bond donors (Lipinski definition) is 0. The summed E-state index contributed by atoms with van der Waals surface area (Å²) in [5.74, 6) is -3.28. The second-order valence-electron chi connectivity index (χ2n) is 8.38. The lowest BCUT2D eigenvalue weighted by atomic mass is 9.81. The molecule has 1 saturated carbocycles. The van der Waals surface area contributed by atoms with E-state index in [1.807, 2.05) is 0 Å². The fourth-order valence-electron chi connectivity index (χ4n) is 4.45. The van der Waals surface area contributed by atoms with E-state index in [4.69, 9.17) is 23.2 Å². The predicted molar refractivity (Wildman–Crippen MR) is 136 cm³/mol. The number of carbonyl (C=O) groups excluding carboxylic acids is 4. The topological polar surface area (TPSA) is 74.8 Å². The van der Waals surface area contributed by atoms with E-state index in [1.54, 1.807) is 24.3 Å². The first-order valence-corrected chi connectivity index (χ1v) is 13.2. The molecule has 0 aromatic heterocycles. The molecular weight excluding hydrogens is 611 g/mol. The van der Waals surface area contributed by atoms with Crippen molar-refractivity contribution in [1.29, 1.82) is 0 Å². The standard InChI is InChI=1S/C24H20Br2Cl2N2O4/c1-12(21(31)13-6-8-14(27)9-7-13)29(22(32)15-4-2-3-5-20(15)28)30-23(33)16-10-18(25)19(26)11-17(16)24(30)34/h2-9,12,16-19H,10-11H2,1H3/t12-,16-,17-,18-,19+/m1/s1. The number of imide groups is 1. The van der Waals surface area contributed by atoms with Gasteiger partial charge in [0.25, 0.3) is 17.7 Å². The first-order chi connectivity index (χ1) is 16.1. The number of Topliss-reactive ketones (excluding diaryl/α,β-unsaturated/α-hetero) is 1. The average molecular weight is 631 g/mol. The summed E-state index contributed by atoms with van der Waals surface area (Å²) in [5.41, 5.74) is 0.388. The van der Waals surface area contributed by atoms with Gasteiger partial charge in [0.05, 0.1) is 22.4 Å². The molecule has 34 heavy (non-hydrogen) atoms. The number of rotatable bonds is 5. The van der Waals surface area contributed by atoms with Crippen molar-refractivity contribution in [3.05, 3.63) is 69.7 Å². The van der Waals surface area contributed by atoms with Crippen molar-refractivity contribution in [3.63, 3.8) is 0 Å². The molecule has 0 unspecified atom stereocenters. The van der Waals surface area contributed by atoms with Crippen LogP contribution in [0.2, 0.25) is 10.0 Å². The molecule has 0 spiro atoms. The van der Waals surface area contributed by atoms with Gasteiger partial charge in [-0.15, -0.1) is 0 Å². The highest BCUT2D eigenvalue weighted by atomic mass is 79.9. The molecule has 6 nitrogen and oxygen atoms in total. The Labute approximate surface area is 223 Å². The van der Waals surface area contributed by atoms with Crippen molar-refractivity contribution >= 4 is 78.6 Å². The van der Waals surface area contributed by atoms with Gasteiger partial charge in [-0.1, -0.05) is 67.2 Å². The van der Waals surface area contributed by atoms with Gasteiger partial charge in [-0.05, 0) is 56.2 Å². The minimum absolute atomic E-state index is 0.00583. The van der Waals surface area contributed by atoms with E-state index in [1.165, 1.54) is 31.2 Å². The second-order valence-corrected chi connectivity index (χ2v) is 11.6. The van der Waals surface area contributed by atoms with E-state index in [2.05, 4.69) is 31.9 Å². The van der Waals surface area contributed by atoms with Gasteiger partial charge in [-0.25, -0.2) is 5.01 Å². The molecule has 2 aromatic rings. The van der Waals surface area contributed by atoms with Gasteiger partial charge in [-0.2, -0.15) is 5.01 Å². The van der Waals surface area contributed by atoms with Crippen molar-refractivity contribution < 1.29 is 19.2 Å². The van der Waals surface area contributed by atoms with Crippen LogP contribution in [0.4, 0.5) is 0 Å². The zero-order valence-electron chi connectivity index (χ0n) is 18.0. The van der Waals surface area contributed by atoms with E-state index < -0.39 is 41.4 Å². The Bertz CT molecular complexity index is 1130. The number of benzene rings is 2. The molecule has 1 heterocycles. The minimum Gasteiger partial charge on any atom is -0.292 e.